The van der Waals surface area contributed by atoms with Crippen LogP contribution >= 0.6 is 0 Å². The molecular weight excluding hydrogens is 322 g/mol. The predicted octanol–water partition coefficient (Wildman–Crippen LogP) is 2.57. The highest BCUT2D eigenvalue weighted by Crippen LogP contribution is 2.34. The molecule has 0 saturated carbocycles. The zero-order chi connectivity index (χ0) is 17.2. The summed E-state index contributed by atoms with van der Waals surface area (Å²) in [6.45, 7) is 2.03. The van der Waals surface area contributed by atoms with Gasteiger partial charge in [-0.05, 0) is 37.3 Å². The number of aliphatic hydroxyl groups is 1. The first-order valence-electron chi connectivity index (χ1n) is 8.23. The van der Waals surface area contributed by atoms with Crippen LogP contribution in [0.3, 0.4) is 0 Å². The molecule has 0 aromatic heterocycles. The van der Waals surface area contributed by atoms with Crippen LogP contribution in [0.5, 0.6) is 0 Å². The molecule has 3 rings (SSSR count). The summed E-state index contributed by atoms with van der Waals surface area (Å²) in [7, 11) is -3.57. The van der Waals surface area contributed by atoms with Crippen molar-refractivity contribution in [1.82, 2.24) is 4.72 Å². The van der Waals surface area contributed by atoms with E-state index < -0.39 is 10.0 Å². The minimum Gasteiger partial charge on any atom is -0.396 e. The van der Waals surface area contributed by atoms with Gasteiger partial charge in [0, 0.05) is 18.6 Å². The molecule has 0 saturated heterocycles. The van der Waals surface area contributed by atoms with Crippen molar-refractivity contribution in [3.8, 4) is 0 Å². The molecule has 4 nitrogen and oxygen atoms in total. The zero-order valence-electron chi connectivity index (χ0n) is 13.7. The van der Waals surface area contributed by atoms with Crippen molar-refractivity contribution >= 4 is 10.0 Å². The number of fused-ring (bicyclic) bond motifs is 2. The minimum absolute atomic E-state index is 0.0864. The number of sulfonamides is 1. The number of aryl methyl sites for hydroxylation is 1. The number of benzene rings is 1. The maximum absolute atomic E-state index is 12.7. The van der Waals surface area contributed by atoms with Gasteiger partial charge in [-0.1, -0.05) is 54.2 Å². The average Bonchev–Trinajstić information content (AvgIpc) is 3.05. The fourth-order valence-electron chi connectivity index (χ4n) is 3.30. The van der Waals surface area contributed by atoms with Gasteiger partial charge in [0.15, 0.2) is 0 Å². The molecule has 24 heavy (non-hydrogen) atoms. The Labute approximate surface area is 143 Å². The van der Waals surface area contributed by atoms with Crippen LogP contribution in [0, 0.1) is 24.7 Å². The summed E-state index contributed by atoms with van der Waals surface area (Å²) in [5.41, 5.74) is 1.03. The van der Waals surface area contributed by atoms with Crippen LogP contribution < -0.4 is 4.72 Å². The fraction of sp³-hybridized carbons (Fsp3) is 0.368. The Morgan fingerprint density at radius 1 is 1.04 bits per heavy atom. The molecule has 0 spiro atoms. The molecular formula is C19H23NO3S. The van der Waals surface area contributed by atoms with E-state index in [-0.39, 0.29) is 35.3 Å². The van der Waals surface area contributed by atoms with Gasteiger partial charge >= 0.3 is 0 Å². The van der Waals surface area contributed by atoms with Crippen molar-refractivity contribution in [2.24, 2.45) is 17.8 Å². The van der Waals surface area contributed by atoms with E-state index in [1.165, 1.54) is 0 Å². The summed E-state index contributed by atoms with van der Waals surface area (Å²) in [5, 5.41) is 9.52. The molecule has 128 valence electrons. The lowest BCUT2D eigenvalue weighted by Gasteiger charge is -2.23. The molecule has 4 atom stereocenters. The van der Waals surface area contributed by atoms with E-state index in [1.54, 1.807) is 24.3 Å². The monoisotopic (exact) mass is 345 g/mol. The number of nitrogens with one attached hydrogen (secondary N) is 1. The first kappa shape index (κ1) is 17.1. The number of rotatable bonds is 4. The minimum atomic E-state index is -3.57. The van der Waals surface area contributed by atoms with Gasteiger partial charge in [0.1, 0.15) is 0 Å². The first-order valence-corrected chi connectivity index (χ1v) is 9.71. The molecule has 0 amide bonds. The molecule has 2 bridgehead atoms. The Balaban J connectivity index is 1.82. The van der Waals surface area contributed by atoms with Crippen LogP contribution in [0.4, 0.5) is 0 Å². The fourth-order valence-corrected chi connectivity index (χ4v) is 4.55. The Morgan fingerprint density at radius 3 is 2.42 bits per heavy atom. The molecule has 0 heterocycles. The molecule has 0 aliphatic heterocycles. The molecule has 0 radical (unpaired) electrons. The molecule has 1 aromatic rings. The van der Waals surface area contributed by atoms with E-state index in [2.05, 4.69) is 16.9 Å². The van der Waals surface area contributed by atoms with Gasteiger partial charge in [0.2, 0.25) is 10.0 Å². The smallest absolute Gasteiger partial charge is 0.241 e. The summed E-state index contributed by atoms with van der Waals surface area (Å²) in [5.74, 6) is 0.436. The second-order valence-corrected chi connectivity index (χ2v) is 8.24. The van der Waals surface area contributed by atoms with Crippen LogP contribution in [0.25, 0.3) is 0 Å². The topological polar surface area (TPSA) is 66.4 Å². The highest BCUT2D eigenvalue weighted by Gasteiger charge is 2.31. The lowest BCUT2D eigenvalue weighted by Crippen LogP contribution is -2.38. The van der Waals surface area contributed by atoms with E-state index >= 15 is 0 Å². The van der Waals surface area contributed by atoms with E-state index in [1.807, 2.05) is 31.2 Å². The summed E-state index contributed by atoms with van der Waals surface area (Å²) < 4.78 is 28.2. The maximum atomic E-state index is 12.7. The van der Waals surface area contributed by atoms with Crippen molar-refractivity contribution in [3.05, 3.63) is 66.3 Å². The van der Waals surface area contributed by atoms with Crippen LogP contribution in [-0.2, 0) is 10.0 Å². The quantitative estimate of drug-likeness (QED) is 0.824. The third-order valence-corrected chi connectivity index (χ3v) is 6.26. The maximum Gasteiger partial charge on any atom is 0.241 e. The van der Waals surface area contributed by atoms with E-state index in [4.69, 9.17) is 0 Å². The Kier molecular flexibility index (Phi) is 5.04. The van der Waals surface area contributed by atoms with E-state index in [0.717, 1.165) is 12.0 Å². The first-order chi connectivity index (χ1) is 11.5. The number of hydrogen-bond donors (Lipinski definition) is 2. The predicted molar refractivity (Wildman–Crippen MR) is 94.9 cm³/mol. The molecule has 2 N–H and O–H groups in total. The van der Waals surface area contributed by atoms with Crippen molar-refractivity contribution in [3.63, 3.8) is 0 Å². The molecule has 0 unspecified atom stereocenters. The van der Waals surface area contributed by atoms with Gasteiger partial charge in [-0.2, -0.15) is 0 Å². The van der Waals surface area contributed by atoms with Crippen LogP contribution in [0.2, 0.25) is 0 Å². The van der Waals surface area contributed by atoms with Gasteiger partial charge in [-0.15, -0.1) is 0 Å². The van der Waals surface area contributed by atoms with Crippen LogP contribution in [-0.4, -0.2) is 26.2 Å². The van der Waals surface area contributed by atoms with E-state index in [0.29, 0.717) is 0 Å². The summed E-state index contributed by atoms with van der Waals surface area (Å²) in [4.78, 5) is 0.281. The van der Waals surface area contributed by atoms with Crippen molar-refractivity contribution in [2.75, 3.05) is 6.61 Å². The molecule has 1 aromatic carbocycles. The highest BCUT2D eigenvalue weighted by molar-refractivity contribution is 7.89. The third-order valence-electron chi connectivity index (χ3n) is 4.78. The number of allylic oxidation sites excluding steroid dienone is 3. The van der Waals surface area contributed by atoms with Crippen molar-refractivity contribution < 1.29 is 13.5 Å². The van der Waals surface area contributed by atoms with Gasteiger partial charge < -0.3 is 5.11 Å². The average molecular weight is 345 g/mol. The van der Waals surface area contributed by atoms with Crippen molar-refractivity contribution in [2.45, 2.75) is 24.3 Å². The van der Waals surface area contributed by atoms with Gasteiger partial charge in [-0.3, -0.25) is 0 Å². The number of aliphatic hydroxyl groups excluding tert-OH is 1. The van der Waals surface area contributed by atoms with Gasteiger partial charge in [0.05, 0.1) is 4.90 Å². The summed E-state index contributed by atoms with van der Waals surface area (Å²) in [6, 6.07) is 6.57. The van der Waals surface area contributed by atoms with Crippen molar-refractivity contribution in [1.29, 1.82) is 0 Å². The second-order valence-electron chi connectivity index (χ2n) is 6.52. The van der Waals surface area contributed by atoms with Gasteiger partial charge in [-0.25, -0.2) is 13.1 Å². The second kappa shape index (κ2) is 7.05. The van der Waals surface area contributed by atoms with Crippen LogP contribution in [0.1, 0.15) is 12.0 Å². The molecule has 2 aliphatic rings. The molecule has 2 aliphatic carbocycles. The Bertz CT molecular complexity index is 762. The summed E-state index contributed by atoms with van der Waals surface area (Å²) in [6.07, 6.45) is 12.6. The standard InChI is InChI=1S/C19H23NO3S/c1-14-6-10-18(11-7-14)24(22,23)20-19-5-3-2-4-17(13-21)15-8-9-16(19)12-15/h2-11,15-17,19-21H,12-13H2,1H3/b4-2-,5-3-/t15-,16+,17-,19-/m1/s1. The lowest BCUT2D eigenvalue weighted by molar-refractivity contribution is 0.218. The Morgan fingerprint density at radius 2 is 1.71 bits per heavy atom. The largest absolute Gasteiger partial charge is 0.396 e. The highest BCUT2D eigenvalue weighted by atomic mass is 32.2. The Hall–Kier alpha value is -1.69. The van der Waals surface area contributed by atoms with E-state index in [9.17, 15) is 13.5 Å². The van der Waals surface area contributed by atoms with Crippen LogP contribution in [0.15, 0.2) is 65.6 Å². The van der Waals surface area contributed by atoms with Gasteiger partial charge in [0.25, 0.3) is 0 Å². The SMILES string of the molecule is Cc1ccc(S(=O)(=O)N[C@@H]2/C=C\C=C/[C@H](CO)[C@@H]3C=C[C@H]2C3)cc1. The lowest BCUT2D eigenvalue weighted by atomic mass is 9.89. The summed E-state index contributed by atoms with van der Waals surface area (Å²) >= 11 is 0. The normalized spacial score (nSPS) is 31.9. The third kappa shape index (κ3) is 3.69. The zero-order valence-corrected chi connectivity index (χ0v) is 14.5. The molecule has 5 heteroatoms. The molecule has 0 fully saturated rings. The number of hydrogen-bond acceptors (Lipinski definition) is 3.